The van der Waals surface area contributed by atoms with Gasteiger partial charge in [-0.3, -0.25) is 0 Å². The normalized spacial score (nSPS) is 24.9. The Balaban J connectivity index is 1.89. The maximum absolute atomic E-state index is 8.29. The molecule has 0 aromatic carbocycles. The van der Waals surface area contributed by atoms with Gasteiger partial charge in [0, 0.05) is 6.42 Å². The molecule has 1 N–H and O–H groups in total. The van der Waals surface area contributed by atoms with E-state index in [1.165, 1.54) is 6.42 Å². The van der Waals surface area contributed by atoms with Crippen LogP contribution in [0.4, 0.5) is 0 Å². The monoisotopic (exact) mass is 166 g/mol. The van der Waals surface area contributed by atoms with E-state index in [4.69, 9.17) is 5.26 Å². The largest absolute Gasteiger partial charge is 0.316 e. The average Bonchev–Trinajstić information content (AvgIpc) is 2.59. The highest BCUT2D eigenvalue weighted by Gasteiger charge is 2.44. The van der Waals surface area contributed by atoms with Crippen molar-refractivity contribution in [1.29, 1.82) is 5.26 Å². The molecular weight excluding hydrogens is 148 g/mol. The van der Waals surface area contributed by atoms with E-state index in [0.717, 1.165) is 25.4 Å². The van der Waals surface area contributed by atoms with Crippen molar-refractivity contribution in [2.45, 2.75) is 33.1 Å². The zero-order chi connectivity index (χ0) is 9.03. The SMILES string of the molecule is CC1(C)CC1CNCCCC#N. The van der Waals surface area contributed by atoms with Gasteiger partial charge in [-0.25, -0.2) is 0 Å². The zero-order valence-corrected chi connectivity index (χ0v) is 8.06. The van der Waals surface area contributed by atoms with Crippen LogP contribution in [-0.4, -0.2) is 13.1 Å². The van der Waals surface area contributed by atoms with Crippen LogP contribution in [0, 0.1) is 22.7 Å². The van der Waals surface area contributed by atoms with Gasteiger partial charge in [0.05, 0.1) is 6.07 Å². The quantitative estimate of drug-likeness (QED) is 0.633. The molecule has 0 radical (unpaired) electrons. The number of unbranched alkanes of at least 4 members (excludes halogenated alkanes) is 1. The second-order valence-corrected chi connectivity index (χ2v) is 4.36. The Morgan fingerprint density at radius 3 is 2.75 bits per heavy atom. The predicted molar refractivity (Wildman–Crippen MR) is 49.6 cm³/mol. The highest BCUT2D eigenvalue weighted by Crippen LogP contribution is 2.50. The maximum Gasteiger partial charge on any atom is 0.0622 e. The van der Waals surface area contributed by atoms with Crippen LogP contribution < -0.4 is 5.32 Å². The molecule has 0 saturated heterocycles. The molecule has 1 rings (SSSR count). The second-order valence-electron chi connectivity index (χ2n) is 4.36. The molecule has 0 amide bonds. The Labute approximate surface area is 75.0 Å². The number of hydrogen-bond acceptors (Lipinski definition) is 2. The fraction of sp³-hybridized carbons (Fsp3) is 0.900. The van der Waals surface area contributed by atoms with E-state index in [1.807, 2.05) is 0 Å². The summed E-state index contributed by atoms with van der Waals surface area (Å²) in [5, 5.41) is 11.7. The van der Waals surface area contributed by atoms with Gasteiger partial charge in [-0.05, 0) is 37.3 Å². The van der Waals surface area contributed by atoms with Gasteiger partial charge in [-0.2, -0.15) is 5.26 Å². The van der Waals surface area contributed by atoms with Crippen LogP contribution in [0.5, 0.6) is 0 Å². The predicted octanol–water partition coefficient (Wildman–Crippen LogP) is 1.93. The summed E-state index contributed by atoms with van der Waals surface area (Å²) in [6, 6.07) is 2.15. The topological polar surface area (TPSA) is 35.8 Å². The van der Waals surface area contributed by atoms with Gasteiger partial charge in [0.15, 0.2) is 0 Å². The molecule has 1 atom stereocenters. The lowest BCUT2D eigenvalue weighted by Crippen LogP contribution is -2.19. The van der Waals surface area contributed by atoms with Gasteiger partial charge in [0.1, 0.15) is 0 Å². The number of rotatable bonds is 5. The van der Waals surface area contributed by atoms with Crippen molar-refractivity contribution >= 4 is 0 Å². The van der Waals surface area contributed by atoms with Crippen molar-refractivity contribution in [2.24, 2.45) is 11.3 Å². The Hall–Kier alpha value is -0.550. The van der Waals surface area contributed by atoms with Gasteiger partial charge < -0.3 is 5.32 Å². The Bertz CT molecular complexity index is 179. The third-order valence-electron chi connectivity index (χ3n) is 2.75. The average molecular weight is 166 g/mol. The fourth-order valence-electron chi connectivity index (χ4n) is 1.49. The Morgan fingerprint density at radius 2 is 2.25 bits per heavy atom. The lowest BCUT2D eigenvalue weighted by Gasteiger charge is -2.04. The van der Waals surface area contributed by atoms with Crippen molar-refractivity contribution in [3.8, 4) is 6.07 Å². The van der Waals surface area contributed by atoms with Crippen LogP contribution in [0.25, 0.3) is 0 Å². The molecule has 12 heavy (non-hydrogen) atoms. The second kappa shape index (κ2) is 3.91. The van der Waals surface area contributed by atoms with Crippen LogP contribution in [0.15, 0.2) is 0 Å². The minimum Gasteiger partial charge on any atom is -0.316 e. The van der Waals surface area contributed by atoms with Crippen LogP contribution in [0.1, 0.15) is 33.1 Å². The number of nitriles is 1. The summed E-state index contributed by atoms with van der Waals surface area (Å²) in [7, 11) is 0. The molecule has 2 heteroatoms. The summed E-state index contributed by atoms with van der Waals surface area (Å²) < 4.78 is 0. The van der Waals surface area contributed by atoms with Crippen molar-refractivity contribution in [3.05, 3.63) is 0 Å². The number of nitrogens with one attached hydrogen (secondary N) is 1. The third kappa shape index (κ3) is 2.83. The van der Waals surface area contributed by atoms with Crippen LogP contribution >= 0.6 is 0 Å². The molecule has 1 unspecified atom stereocenters. The first kappa shape index (κ1) is 9.54. The molecule has 2 nitrogen and oxygen atoms in total. The summed E-state index contributed by atoms with van der Waals surface area (Å²) in [5.41, 5.74) is 0.586. The summed E-state index contributed by atoms with van der Waals surface area (Å²) in [5.74, 6) is 0.875. The zero-order valence-electron chi connectivity index (χ0n) is 8.06. The highest BCUT2D eigenvalue weighted by molar-refractivity contribution is 4.95. The van der Waals surface area contributed by atoms with Gasteiger partial charge in [-0.1, -0.05) is 13.8 Å². The van der Waals surface area contributed by atoms with Crippen molar-refractivity contribution in [3.63, 3.8) is 0 Å². The summed E-state index contributed by atoms with van der Waals surface area (Å²) >= 11 is 0. The number of nitrogens with zero attached hydrogens (tertiary/aromatic N) is 1. The van der Waals surface area contributed by atoms with E-state index in [2.05, 4.69) is 25.2 Å². The van der Waals surface area contributed by atoms with E-state index in [-0.39, 0.29) is 0 Å². The first-order chi connectivity index (χ1) is 5.67. The van der Waals surface area contributed by atoms with Gasteiger partial charge >= 0.3 is 0 Å². The molecule has 68 valence electrons. The summed E-state index contributed by atoms with van der Waals surface area (Å²) in [6.45, 7) is 6.77. The third-order valence-corrected chi connectivity index (χ3v) is 2.75. The van der Waals surface area contributed by atoms with E-state index in [9.17, 15) is 0 Å². The molecule has 0 bridgehead atoms. The minimum atomic E-state index is 0.586. The molecule has 0 heterocycles. The Kier molecular flexibility index (Phi) is 3.11. The van der Waals surface area contributed by atoms with Crippen LogP contribution in [-0.2, 0) is 0 Å². The minimum absolute atomic E-state index is 0.586. The summed E-state index contributed by atoms with van der Waals surface area (Å²) in [6.07, 6.45) is 3.03. The fourth-order valence-corrected chi connectivity index (χ4v) is 1.49. The van der Waals surface area contributed by atoms with Crippen LogP contribution in [0.2, 0.25) is 0 Å². The standard InChI is InChI=1S/C10H18N2/c1-10(2)7-9(10)8-12-6-4-3-5-11/h9,12H,3-4,6-8H2,1-2H3. The van der Waals surface area contributed by atoms with Crippen molar-refractivity contribution in [1.82, 2.24) is 5.32 Å². The van der Waals surface area contributed by atoms with Gasteiger partial charge in [-0.15, -0.1) is 0 Å². The number of hydrogen-bond donors (Lipinski definition) is 1. The lowest BCUT2D eigenvalue weighted by molar-refractivity contribution is 0.517. The van der Waals surface area contributed by atoms with Crippen LogP contribution in [0.3, 0.4) is 0 Å². The first-order valence-electron chi connectivity index (χ1n) is 4.74. The molecule has 1 fully saturated rings. The smallest absolute Gasteiger partial charge is 0.0622 e. The highest BCUT2D eigenvalue weighted by atomic mass is 14.9. The summed E-state index contributed by atoms with van der Waals surface area (Å²) in [4.78, 5) is 0. The van der Waals surface area contributed by atoms with Gasteiger partial charge in [0.2, 0.25) is 0 Å². The molecule has 0 aromatic heterocycles. The molecular formula is C10H18N2. The molecule has 1 aliphatic carbocycles. The Morgan fingerprint density at radius 1 is 1.58 bits per heavy atom. The molecule has 0 spiro atoms. The van der Waals surface area contributed by atoms with E-state index in [1.54, 1.807) is 0 Å². The van der Waals surface area contributed by atoms with Crippen molar-refractivity contribution in [2.75, 3.05) is 13.1 Å². The maximum atomic E-state index is 8.29. The van der Waals surface area contributed by atoms with Crippen molar-refractivity contribution < 1.29 is 0 Å². The molecule has 0 aromatic rings. The van der Waals surface area contributed by atoms with E-state index < -0.39 is 0 Å². The first-order valence-corrected chi connectivity index (χ1v) is 4.74. The lowest BCUT2D eigenvalue weighted by atomic mass is 10.1. The van der Waals surface area contributed by atoms with Gasteiger partial charge in [0.25, 0.3) is 0 Å². The molecule has 0 aliphatic heterocycles. The van der Waals surface area contributed by atoms with E-state index in [0.29, 0.717) is 11.8 Å². The molecule has 1 saturated carbocycles. The molecule has 1 aliphatic rings. The van der Waals surface area contributed by atoms with E-state index >= 15 is 0 Å².